The van der Waals surface area contributed by atoms with Gasteiger partial charge in [-0.3, -0.25) is 4.79 Å². The standard InChI is InChI=1S/C21H16N4OS/c1-25(2)16-9-7-14(8-10-16)13-3-5-15(6-4-13)19-17(11-22)20(26)24-21(27)18(19)12-23/h3-10H,1-2H3,(H2,24,26,27). The molecule has 27 heavy (non-hydrogen) atoms. The SMILES string of the molecule is CN(C)c1ccc(-c2ccc(-c3c(C#N)c(S)[nH]c(=O)c3C#N)cc2)cc1. The molecule has 3 rings (SSSR count). The quantitative estimate of drug-likeness (QED) is 0.685. The van der Waals surface area contributed by atoms with Gasteiger partial charge in [-0.2, -0.15) is 10.5 Å². The molecule has 0 fully saturated rings. The van der Waals surface area contributed by atoms with Crippen molar-refractivity contribution < 1.29 is 0 Å². The summed E-state index contributed by atoms with van der Waals surface area (Å²) in [5, 5.41) is 19.0. The van der Waals surface area contributed by atoms with E-state index < -0.39 is 5.56 Å². The molecule has 0 saturated heterocycles. The molecule has 1 aromatic heterocycles. The highest BCUT2D eigenvalue weighted by Gasteiger charge is 2.17. The highest BCUT2D eigenvalue weighted by atomic mass is 32.1. The van der Waals surface area contributed by atoms with Gasteiger partial charge in [0.1, 0.15) is 17.7 Å². The van der Waals surface area contributed by atoms with Crippen LogP contribution in [0.3, 0.4) is 0 Å². The molecule has 5 nitrogen and oxygen atoms in total. The van der Waals surface area contributed by atoms with Crippen molar-refractivity contribution in [2.75, 3.05) is 19.0 Å². The molecule has 0 aliphatic carbocycles. The lowest BCUT2D eigenvalue weighted by molar-refractivity contribution is 1.06. The van der Waals surface area contributed by atoms with Gasteiger partial charge < -0.3 is 9.88 Å². The molecule has 0 saturated carbocycles. The number of anilines is 1. The van der Waals surface area contributed by atoms with Gasteiger partial charge in [-0.25, -0.2) is 0 Å². The summed E-state index contributed by atoms with van der Waals surface area (Å²) in [4.78, 5) is 16.5. The zero-order valence-electron chi connectivity index (χ0n) is 14.8. The Morgan fingerprint density at radius 2 is 1.33 bits per heavy atom. The van der Waals surface area contributed by atoms with Crippen LogP contribution in [-0.4, -0.2) is 19.1 Å². The van der Waals surface area contributed by atoms with Crippen molar-refractivity contribution in [1.29, 1.82) is 10.5 Å². The monoisotopic (exact) mass is 372 g/mol. The normalized spacial score (nSPS) is 10.1. The number of benzene rings is 2. The van der Waals surface area contributed by atoms with Crippen LogP contribution in [0.2, 0.25) is 0 Å². The fourth-order valence-corrected chi connectivity index (χ4v) is 3.14. The van der Waals surface area contributed by atoms with Gasteiger partial charge >= 0.3 is 0 Å². The zero-order chi connectivity index (χ0) is 19.6. The summed E-state index contributed by atoms with van der Waals surface area (Å²) in [6.45, 7) is 0. The van der Waals surface area contributed by atoms with Crippen LogP contribution in [0, 0.1) is 22.7 Å². The molecule has 6 heteroatoms. The number of hydrogen-bond acceptors (Lipinski definition) is 5. The number of pyridine rings is 1. The second kappa shape index (κ2) is 7.41. The minimum atomic E-state index is -0.556. The predicted octanol–water partition coefficient (Wildman–Crippen LogP) is 3.81. The molecule has 0 spiro atoms. The van der Waals surface area contributed by atoms with Gasteiger partial charge in [0.15, 0.2) is 0 Å². The number of nitrogens with one attached hydrogen (secondary N) is 1. The average Bonchev–Trinajstić information content (AvgIpc) is 2.67. The fourth-order valence-electron chi connectivity index (χ4n) is 2.88. The maximum Gasteiger partial charge on any atom is 0.267 e. The van der Waals surface area contributed by atoms with Gasteiger partial charge in [0.05, 0.1) is 10.6 Å². The van der Waals surface area contributed by atoms with Crippen LogP contribution in [0.15, 0.2) is 58.4 Å². The first-order valence-corrected chi connectivity index (χ1v) is 8.58. The van der Waals surface area contributed by atoms with Crippen molar-refractivity contribution in [3.63, 3.8) is 0 Å². The zero-order valence-corrected chi connectivity index (χ0v) is 15.7. The number of nitrogens with zero attached hydrogens (tertiary/aromatic N) is 3. The molecule has 132 valence electrons. The highest BCUT2D eigenvalue weighted by Crippen LogP contribution is 2.30. The van der Waals surface area contributed by atoms with E-state index in [9.17, 15) is 15.3 Å². The first-order chi connectivity index (χ1) is 13.0. The summed E-state index contributed by atoms with van der Waals surface area (Å²) in [6.07, 6.45) is 0. The Bertz CT molecular complexity index is 1130. The molecule has 0 aliphatic heterocycles. The van der Waals surface area contributed by atoms with Crippen LogP contribution in [-0.2, 0) is 0 Å². The first kappa shape index (κ1) is 18.3. The molecule has 1 heterocycles. The van der Waals surface area contributed by atoms with E-state index in [0.29, 0.717) is 11.1 Å². The largest absolute Gasteiger partial charge is 0.378 e. The molecule has 0 unspecified atom stereocenters. The number of rotatable bonds is 3. The van der Waals surface area contributed by atoms with Crippen molar-refractivity contribution in [3.05, 3.63) is 70.0 Å². The Morgan fingerprint density at radius 1 is 0.852 bits per heavy atom. The molecular formula is C21H16N4OS. The topological polar surface area (TPSA) is 83.7 Å². The second-order valence-corrected chi connectivity index (χ2v) is 6.62. The van der Waals surface area contributed by atoms with Crippen molar-refractivity contribution in [2.45, 2.75) is 5.03 Å². The number of aromatic nitrogens is 1. The third-order valence-corrected chi connectivity index (χ3v) is 4.65. The number of aromatic amines is 1. The summed E-state index contributed by atoms with van der Waals surface area (Å²) >= 11 is 4.17. The van der Waals surface area contributed by atoms with E-state index >= 15 is 0 Å². The Labute approximate surface area is 162 Å². The van der Waals surface area contributed by atoms with Gasteiger partial charge in [-0.15, -0.1) is 12.6 Å². The number of thiol groups is 1. The predicted molar refractivity (Wildman–Crippen MR) is 109 cm³/mol. The van der Waals surface area contributed by atoms with Crippen molar-refractivity contribution in [3.8, 4) is 34.4 Å². The molecule has 3 aromatic rings. The lowest BCUT2D eigenvalue weighted by atomic mass is 9.95. The van der Waals surface area contributed by atoms with E-state index in [1.807, 2.05) is 67.5 Å². The summed E-state index contributed by atoms with van der Waals surface area (Å²) in [6, 6.07) is 19.5. The molecule has 2 aromatic carbocycles. The first-order valence-electron chi connectivity index (χ1n) is 8.14. The molecular weight excluding hydrogens is 356 g/mol. The molecule has 0 bridgehead atoms. The van der Waals surface area contributed by atoms with Crippen LogP contribution in [0.5, 0.6) is 0 Å². The highest BCUT2D eigenvalue weighted by molar-refractivity contribution is 7.80. The minimum Gasteiger partial charge on any atom is -0.378 e. The Morgan fingerprint density at radius 3 is 1.81 bits per heavy atom. The maximum absolute atomic E-state index is 12.1. The fraction of sp³-hybridized carbons (Fsp3) is 0.0952. The van der Waals surface area contributed by atoms with Gasteiger partial charge in [0.25, 0.3) is 5.56 Å². The van der Waals surface area contributed by atoms with Crippen LogP contribution in [0.25, 0.3) is 22.3 Å². The third-order valence-electron chi connectivity index (χ3n) is 4.31. The van der Waals surface area contributed by atoms with E-state index in [0.717, 1.165) is 16.8 Å². The summed E-state index contributed by atoms with van der Waals surface area (Å²) < 4.78 is 0. The number of nitriles is 2. The van der Waals surface area contributed by atoms with Crippen LogP contribution in [0.1, 0.15) is 11.1 Å². The Balaban J connectivity index is 2.08. The van der Waals surface area contributed by atoms with Gasteiger partial charge in [0.2, 0.25) is 0 Å². The van der Waals surface area contributed by atoms with Crippen LogP contribution >= 0.6 is 12.6 Å². The van der Waals surface area contributed by atoms with Crippen LogP contribution < -0.4 is 10.5 Å². The van der Waals surface area contributed by atoms with E-state index in [1.54, 1.807) is 12.1 Å². The van der Waals surface area contributed by atoms with Crippen molar-refractivity contribution in [2.24, 2.45) is 0 Å². The second-order valence-electron chi connectivity index (χ2n) is 6.17. The minimum absolute atomic E-state index is 0.0903. The average molecular weight is 372 g/mol. The van der Waals surface area contributed by atoms with Crippen LogP contribution in [0.4, 0.5) is 5.69 Å². The smallest absolute Gasteiger partial charge is 0.267 e. The molecule has 0 aliphatic rings. The molecule has 0 radical (unpaired) electrons. The Kier molecular flexibility index (Phi) is 5.03. The Hall–Kier alpha value is -3.48. The van der Waals surface area contributed by atoms with Gasteiger partial charge in [0, 0.05) is 25.3 Å². The van der Waals surface area contributed by atoms with E-state index in [2.05, 4.69) is 17.6 Å². The molecule has 0 amide bonds. The lowest BCUT2D eigenvalue weighted by Crippen LogP contribution is -2.14. The molecule has 1 N–H and O–H groups in total. The van der Waals surface area contributed by atoms with E-state index in [1.165, 1.54) is 0 Å². The van der Waals surface area contributed by atoms with Gasteiger partial charge in [-0.05, 0) is 28.8 Å². The lowest BCUT2D eigenvalue weighted by Gasteiger charge is -2.13. The number of hydrogen-bond donors (Lipinski definition) is 2. The number of H-pyrrole nitrogens is 1. The van der Waals surface area contributed by atoms with E-state index in [-0.39, 0.29) is 16.2 Å². The summed E-state index contributed by atoms with van der Waals surface area (Å²) in [5.74, 6) is 0. The van der Waals surface area contributed by atoms with E-state index in [4.69, 9.17) is 0 Å². The van der Waals surface area contributed by atoms with Crippen molar-refractivity contribution >= 4 is 18.3 Å². The van der Waals surface area contributed by atoms with Crippen molar-refractivity contribution in [1.82, 2.24) is 4.98 Å². The molecule has 0 atom stereocenters. The maximum atomic E-state index is 12.1. The third kappa shape index (κ3) is 3.44. The summed E-state index contributed by atoms with van der Waals surface area (Å²) in [7, 11) is 3.97. The van der Waals surface area contributed by atoms with Gasteiger partial charge in [-0.1, -0.05) is 36.4 Å². The summed E-state index contributed by atoms with van der Waals surface area (Å²) in [5.41, 5.74) is 3.62.